The third-order valence-electron chi connectivity index (χ3n) is 3.74. The zero-order chi connectivity index (χ0) is 18.5. The van der Waals surface area contributed by atoms with Gasteiger partial charge in [-0.3, -0.25) is 4.79 Å². The van der Waals surface area contributed by atoms with Crippen molar-refractivity contribution in [2.75, 3.05) is 19.5 Å². The Bertz CT molecular complexity index is 909. The first-order valence-corrected chi connectivity index (χ1v) is 9.07. The minimum absolute atomic E-state index is 0.162. The summed E-state index contributed by atoms with van der Waals surface area (Å²) in [4.78, 5) is 16.8. The number of thiazole rings is 1. The Kier molecular flexibility index (Phi) is 5.75. The van der Waals surface area contributed by atoms with E-state index in [1.165, 1.54) is 11.3 Å². The fraction of sp³-hybridized carbons (Fsp3) is 0.158. The van der Waals surface area contributed by atoms with Gasteiger partial charge < -0.3 is 14.8 Å². The van der Waals surface area contributed by atoms with Crippen molar-refractivity contribution >= 4 is 34.0 Å². The third kappa shape index (κ3) is 4.33. The van der Waals surface area contributed by atoms with Crippen LogP contribution < -0.4 is 14.8 Å². The molecule has 1 amide bonds. The van der Waals surface area contributed by atoms with Crippen LogP contribution in [0.1, 0.15) is 5.56 Å². The summed E-state index contributed by atoms with van der Waals surface area (Å²) in [6.45, 7) is 0. The van der Waals surface area contributed by atoms with Crippen LogP contribution in [0.15, 0.2) is 47.8 Å². The summed E-state index contributed by atoms with van der Waals surface area (Å²) in [6, 6.07) is 12.8. The predicted octanol–water partition coefficient (Wildman–Crippen LogP) is 4.66. The van der Waals surface area contributed by atoms with Crippen LogP contribution >= 0.6 is 22.9 Å². The van der Waals surface area contributed by atoms with Gasteiger partial charge >= 0.3 is 0 Å². The molecule has 0 aliphatic rings. The van der Waals surface area contributed by atoms with E-state index in [9.17, 15) is 4.79 Å². The molecule has 0 bridgehead atoms. The maximum absolute atomic E-state index is 12.3. The topological polar surface area (TPSA) is 60.5 Å². The Balaban J connectivity index is 1.68. The van der Waals surface area contributed by atoms with Gasteiger partial charge in [-0.05, 0) is 18.2 Å². The molecule has 0 saturated carbocycles. The highest BCUT2D eigenvalue weighted by Gasteiger charge is 2.12. The number of rotatable bonds is 6. The number of anilines is 1. The lowest BCUT2D eigenvalue weighted by atomic mass is 10.1. The number of carbonyl (C=O) groups is 1. The average molecular weight is 389 g/mol. The van der Waals surface area contributed by atoms with Crippen LogP contribution in [0, 0.1) is 0 Å². The fourth-order valence-corrected chi connectivity index (χ4v) is 3.28. The van der Waals surface area contributed by atoms with E-state index in [1.54, 1.807) is 26.4 Å². The van der Waals surface area contributed by atoms with Crippen molar-refractivity contribution < 1.29 is 14.3 Å². The molecule has 0 fully saturated rings. The second-order valence-electron chi connectivity index (χ2n) is 5.45. The van der Waals surface area contributed by atoms with Crippen molar-refractivity contribution in [1.29, 1.82) is 0 Å². The molecule has 5 nitrogen and oxygen atoms in total. The summed E-state index contributed by atoms with van der Waals surface area (Å²) in [7, 11) is 3.15. The first kappa shape index (κ1) is 18.2. The lowest BCUT2D eigenvalue weighted by molar-refractivity contribution is -0.115. The molecule has 2 aromatic carbocycles. The number of methoxy groups -OCH3 is 2. The first-order valence-electron chi connectivity index (χ1n) is 7.81. The van der Waals surface area contributed by atoms with Crippen LogP contribution in [0.2, 0.25) is 5.02 Å². The van der Waals surface area contributed by atoms with E-state index in [1.807, 2.05) is 35.7 Å². The quantitative estimate of drug-likeness (QED) is 0.667. The highest BCUT2D eigenvalue weighted by atomic mass is 35.5. The van der Waals surface area contributed by atoms with E-state index in [-0.39, 0.29) is 12.3 Å². The van der Waals surface area contributed by atoms with Gasteiger partial charge in [-0.25, -0.2) is 4.98 Å². The van der Waals surface area contributed by atoms with Gasteiger partial charge in [0.25, 0.3) is 0 Å². The zero-order valence-electron chi connectivity index (χ0n) is 14.3. The number of aromatic nitrogens is 1. The van der Waals surface area contributed by atoms with E-state index in [0.29, 0.717) is 21.7 Å². The highest BCUT2D eigenvalue weighted by molar-refractivity contribution is 7.14. The number of benzene rings is 2. The van der Waals surface area contributed by atoms with Crippen LogP contribution in [-0.2, 0) is 11.2 Å². The Labute approximate surface area is 160 Å². The number of hydrogen-bond acceptors (Lipinski definition) is 5. The zero-order valence-corrected chi connectivity index (χ0v) is 15.9. The summed E-state index contributed by atoms with van der Waals surface area (Å²) >= 11 is 7.28. The smallest absolute Gasteiger partial charge is 0.230 e. The van der Waals surface area contributed by atoms with Gasteiger partial charge in [-0.1, -0.05) is 29.8 Å². The molecular weight excluding hydrogens is 372 g/mol. The van der Waals surface area contributed by atoms with Gasteiger partial charge in [-0.15, -0.1) is 11.3 Å². The van der Waals surface area contributed by atoms with Crippen molar-refractivity contribution in [3.63, 3.8) is 0 Å². The summed E-state index contributed by atoms with van der Waals surface area (Å²) in [5.41, 5.74) is 2.52. The molecule has 7 heteroatoms. The van der Waals surface area contributed by atoms with Crippen LogP contribution in [0.25, 0.3) is 11.3 Å². The van der Waals surface area contributed by atoms with Gasteiger partial charge in [0.05, 0.1) is 26.3 Å². The van der Waals surface area contributed by atoms with Crippen LogP contribution in [0.5, 0.6) is 11.5 Å². The van der Waals surface area contributed by atoms with Crippen molar-refractivity contribution in [1.82, 2.24) is 4.98 Å². The molecule has 3 aromatic rings. The van der Waals surface area contributed by atoms with Crippen molar-refractivity contribution in [2.45, 2.75) is 6.42 Å². The minimum Gasteiger partial charge on any atom is -0.497 e. The lowest BCUT2D eigenvalue weighted by Gasteiger charge is -2.10. The maximum atomic E-state index is 12.3. The van der Waals surface area contributed by atoms with E-state index in [2.05, 4.69) is 10.3 Å². The monoisotopic (exact) mass is 388 g/mol. The predicted molar refractivity (Wildman–Crippen MR) is 104 cm³/mol. The standard InChI is InChI=1S/C19H17ClN2O3S/c1-24-15-8-5-13(17(10-15)25-2)9-18(23)22-19-21-16(11-26-19)12-3-6-14(20)7-4-12/h3-8,10-11H,9H2,1-2H3,(H,21,22,23). The molecule has 1 heterocycles. The molecule has 0 spiro atoms. The van der Waals surface area contributed by atoms with Gasteiger partial charge in [0, 0.05) is 27.6 Å². The fourth-order valence-electron chi connectivity index (χ4n) is 2.42. The van der Waals surface area contributed by atoms with E-state index < -0.39 is 0 Å². The Morgan fingerprint density at radius 1 is 1.15 bits per heavy atom. The molecule has 3 rings (SSSR count). The molecule has 0 saturated heterocycles. The van der Waals surface area contributed by atoms with E-state index in [0.717, 1.165) is 16.8 Å². The molecule has 1 aromatic heterocycles. The number of halogens is 1. The molecule has 134 valence electrons. The first-order chi connectivity index (χ1) is 12.6. The number of amides is 1. The van der Waals surface area contributed by atoms with E-state index in [4.69, 9.17) is 21.1 Å². The molecule has 26 heavy (non-hydrogen) atoms. The molecule has 0 unspecified atom stereocenters. The second-order valence-corrected chi connectivity index (χ2v) is 6.74. The number of nitrogens with zero attached hydrogens (tertiary/aromatic N) is 1. The van der Waals surface area contributed by atoms with Gasteiger partial charge in [0.15, 0.2) is 5.13 Å². The van der Waals surface area contributed by atoms with Crippen LogP contribution in [0.4, 0.5) is 5.13 Å². The molecule has 1 N–H and O–H groups in total. The summed E-state index contributed by atoms with van der Waals surface area (Å²) in [5, 5.41) is 5.94. The molecule has 0 radical (unpaired) electrons. The number of ether oxygens (including phenoxy) is 2. The average Bonchev–Trinajstić information content (AvgIpc) is 3.11. The normalized spacial score (nSPS) is 10.4. The van der Waals surface area contributed by atoms with Crippen LogP contribution in [0.3, 0.4) is 0 Å². The SMILES string of the molecule is COc1ccc(CC(=O)Nc2nc(-c3ccc(Cl)cc3)cs2)c(OC)c1. The third-order valence-corrected chi connectivity index (χ3v) is 4.75. The Hall–Kier alpha value is -2.57. The van der Waals surface area contributed by atoms with Crippen molar-refractivity contribution in [3.05, 3.63) is 58.4 Å². The second kappa shape index (κ2) is 8.21. The maximum Gasteiger partial charge on any atom is 0.230 e. The highest BCUT2D eigenvalue weighted by Crippen LogP contribution is 2.27. The van der Waals surface area contributed by atoms with E-state index >= 15 is 0 Å². The number of nitrogens with one attached hydrogen (secondary N) is 1. The van der Waals surface area contributed by atoms with Gasteiger partial charge in [-0.2, -0.15) is 0 Å². The molecule has 0 aliphatic carbocycles. The Morgan fingerprint density at radius 3 is 2.62 bits per heavy atom. The number of hydrogen-bond donors (Lipinski definition) is 1. The van der Waals surface area contributed by atoms with Gasteiger partial charge in [0.1, 0.15) is 11.5 Å². The van der Waals surface area contributed by atoms with Crippen molar-refractivity contribution in [3.8, 4) is 22.8 Å². The minimum atomic E-state index is -0.162. The largest absolute Gasteiger partial charge is 0.497 e. The lowest BCUT2D eigenvalue weighted by Crippen LogP contribution is -2.14. The molecule has 0 atom stereocenters. The van der Waals surface area contributed by atoms with Crippen LogP contribution in [-0.4, -0.2) is 25.1 Å². The summed E-state index contributed by atoms with van der Waals surface area (Å²) in [6.07, 6.45) is 0.184. The molecule has 0 aliphatic heterocycles. The molecular formula is C19H17ClN2O3S. The van der Waals surface area contributed by atoms with Gasteiger partial charge in [0.2, 0.25) is 5.91 Å². The van der Waals surface area contributed by atoms with Crippen molar-refractivity contribution in [2.24, 2.45) is 0 Å². The summed E-state index contributed by atoms with van der Waals surface area (Å²) < 4.78 is 10.5. The Morgan fingerprint density at radius 2 is 1.92 bits per heavy atom. The summed E-state index contributed by atoms with van der Waals surface area (Å²) in [5.74, 6) is 1.13. The number of carbonyl (C=O) groups excluding carboxylic acids is 1.